The summed E-state index contributed by atoms with van der Waals surface area (Å²) in [7, 11) is 0. The summed E-state index contributed by atoms with van der Waals surface area (Å²) in [6.07, 6.45) is 3.11. The Balaban J connectivity index is 2.82. The normalized spacial score (nSPS) is 12.3. The Morgan fingerprint density at radius 1 is 1.35 bits per heavy atom. The van der Waals surface area contributed by atoms with E-state index in [2.05, 4.69) is 32.2 Å². The first-order chi connectivity index (χ1) is 8.02. The number of likely N-dealkylation sites (N-methyl/N-ethyl adjacent to an activating group) is 1. The van der Waals surface area contributed by atoms with Crippen LogP contribution in [0.3, 0.4) is 0 Å². The molecule has 0 radical (unpaired) electrons. The van der Waals surface area contributed by atoms with Gasteiger partial charge in [0.1, 0.15) is 0 Å². The summed E-state index contributed by atoms with van der Waals surface area (Å²) in [6, 6.07) is 6.00. The van der Waals surface area contributed by atoms with Crippen molar-refractivity contribution >= 4 is 23.2 Å². The fraction of sp³-hybridized carbons (Fsp3) is 0.429. The molecule has 0 aliphatic heterocycles. The molecule has 1 nitrogen and oxygen atoms in total. The molecule has 1 unspecified atom stereocenters. The Morgan fingerprint density at radius 2 is 2.06 bits per heavy atom. The molecule has 17 heavy (non-hydrogen) atoms. The maximum Gasteiger partial charge on any atom is 0.0453 e. The second-order valence-corrected chi connectivity index (χ2v) is 5.19. The summed E-state index contributed by atoms with van der Waals surface area (Å²) in [4.78, 5) is 0. The van der Waals surface area contributed by atoms with Crippen molar-refractivity contribution in [3.63, 3.8) is 0 Å². The van der Waals surface area contributed by atoms with Gasteiger partial charge < -0.3 is 5.32 Å². The number of halogens is 2. The van der Waals surface area contributed by atoms with Gasteiger partial charge in [0.05, 0.1) is 0 Å². The molecule has 0 saturated heterocycles. The lowest BCUT2D eigenvalue weighted by Gasteiger charge is -2.15. The van der Waals surface area contributed by atoms with Crippen LogP contribution in [-0.2, 0) is 6.42 Å². The molecule has 1 aromatic rings. The van der Waals surface area contributed by atoms with Gasteiger partial charge in [0.2, 0.25) is 0 Å². The van der Waals surface area contributed by atoms with Gasteiger partial charge in [-0.25, -0.2) is 0 Å². The molecule has 1 atom stereocenters. The summed E-state index contributed by atoms with van der Waals surface area (Å²) < 4.78 is 0. The first-order valence-electron chi connectivity index (χ1n) is 5.85. The van der Waals surface area contributed by atoms with Gasteiger partial charge in [0, 0.05) is 16.1 Å². The SMILES string of the molecule is CCNC(C=C(C)C)Cc1ccc(Cl)cc1Cl. The first-order valence-corrected chi connectivity index (χ1v) is 6.61. The third-order valence-corrected chi connectivity index (χ3v) is 3.04. The van der Waals surface area contributed by atoms with Crippen LogP contribution in [-0.4, -0.2) is 12.6 Å². The molecule has 0 fully saturated rings. The molecule has 0 aliphatic carbocycles. The average molecular weight is 272 g/mol. The van der Waals surface area contributed by atoms with Crippen LogP contribution in [0.5, 0.6) is 0 Å². The van der Waals surface area contributed by atoms with Gasteiger partial charge in [-0.15, -0.1) is 0 Å². The van der Waals surface area contributed by atoms with E-state index < -0.39 is 0 Å². The van der Waals surface area contributed by atoms with Gasteiger partial charge in [-0.1, -0.05) is 47.8 Å². The maximum absolute atomic E-state index is 6.18. The highest BCUT2D eigenvalue weighted by Crippen LogP contribution is 2.22. The van der Waals surface area contributed by atoms with E-state index >= 15 is 0 Å². The largest absolute Gasteiger partial charge is 0.310 e. The Labute approximate surface area is 114 Å². The van der Waals surface area contributed by atoms with Gasteiger partial charge in [0.15, 0.2) is 0 Å². The van der Waals surface area contributed by atoms with Crippen molar-refractivity contribution in [2.24, 2.45) is 0 Å². The minimum Gasteiger partial charge on any atom is -0.310 e. The molecule has 3 heteroatoms. The van der Waals surface area contributed by atoms with Crippen LogP contribution >= 0.6 is 23.2 Å². The van der Waals surface area contributed by atoms with Gasteiger partial charge in [-0.3, -0.25) is 0 Å². The zero-order valence-electron chi connectivity index (χ0n) is 10.6. The molecule has 0 heterocycles. The fourth-order valence-electron chi connectivity index (χ4n) is 1.78. The molecule has 0 saturated carbocycles. The van der Waals surface area contributed by atoms with Crippen molar-refractivity contribution < 1.29 is 0 Å². The van der Waals surface area contributed by atoms with Crippen LogP contribution in [0.25, 0.3) is 0 Å². The zero-order chi connectivity index (χ0) is 12.8. The molecule has 1 aromatic carbocycles. The maximum atomic E-state index is 6.18. The third-order valence-electron chi connectivity index (χ3n) is 2.46. The fourth-order valence-corrected chi connectivity index (χ4v) is 2.26. The second-order valence-electron chi connectivity index (χ2n) is 4.35. The van der Waals surface area contributed by atoms with Crippen LogP contribution in [0, 0.1) is 0 Å². The van der Waals surface area contributed by atoms with Gasteiger partial charge in [-0.05, 0) is 44.5 Å². The Bertz CT molecular complexity index is 395. The number of hydrogen-bond donors (Lipinski definition) is 1. The summed E-state index contributed by atoms with van der Waals surface area (Å²) in [5, 5.41) is 4.86. The minimum atomic E-state index is 0.323. The summed E-state index contributed by atoms with van der Waals surface area (Å²) in [6.45, 7) is 7.26. The number of nitrogens with one attached hydrogen (secondary N) is 1. The highest BCUT2D eigenvalue weighted by Gasteiger charge is 2.08. The molecule has 0 spiro atoms. The van der Waals surface area contributed by atoms with Gasteiger partial charge in [-0.2, -0.15) is 0 Å². The molecule has 94 valence electrons. The molecule has 0 aromatic heterocycles. The van der Waals surface area contributed by atoms with Crippen LogP contribution in [0.2, 0.25) is 10.0 Å². The van der Waals surface area contributed by atoms with Gasteiger partial charge >= 0.3 is 0 Å². The lowest BCUT2D eigenvalue weighted by Crippen LogP contribution is -2.29. The number of benzene rings is 1. The molecule has 1 rings (SSSR count). The Morgan fingerprint density at radius 3 is 2.59 bits per heavy atom. The lowest BCUT2D eigenvalue weighted by molar-refractivity contribution is 0.609. The predicted molar refractivity (Wildman–Crippen MR) is 77.1 cm³/mol. The topological polar surface area (TPSA) is 12.0 Å². The van der Waals surface area contributed by atoms with Crippen molar-refractivity contribution in [3.05, 3.63) is 45.5 Å². The number of allylic oxidation sites excluding steroid dienone is 1. The molecule has 0 amide bonds. The molecule has 0 aliphatic rings. The van der Waals surface area contributed by atoms with Crippen molar-refractivity contribution in [2.75, 3.05) is 6.54 Å². The highest BCUT2D eigenvalue weighted by atomic mass is 35.5. The van der Waals surface area contributed by atoms with Crippen molar-refractivity contribution in [3.8, 4) is 0 Å². The average Bonchev–Trinajstić information content (AvgIpc) is 2.21. The lowest BCUT2D eigenvalue weighted by atomic mass is 10.0. The minimum absolute atomic E-state index is 0.323. The van der Waals surface area contributed by atoms with Crippen LogP contribution in [0.1, 0.15) is 26.3 Å². The van der Waals surface area contributed by atoms with E-state index in [9.17, 15) is 0 Å². The number of hydrogen-bond acceptors (Lipinski definition) is 1. The second kappa shape index (κ2) is 7.05. The Kier molecular flexibility index (Phi) is 6.04. The summed E-state index contributed by atoms with van der Waals surface area (Å²) in [5.74, 6) is 0. The van der Waals surface area contributed by atoms with E-state index in [-0.39, 0.29) is 0 Å². The van der Waals surface area contributed by atoms with Crippen LogP contribution in [0.4, 0.5) is 0 Å². The molecule has 0 bridgehead atoms. The molecular weight excluding hydrogens is 253 g/mol. The van der Waals surface area contributed by atoms with Gasteiger partial charge in [0.25, 0.3) is 0 Å². The summed E-state index contributed by atoms with van der Waals surface area (Å²) >= 11 is 12.1. The van der Waals surface area contributed by atoms with Crippen LogP contribution < -0.4 is 5.32 Å². The smallest absolute Gasteiger partial charge is 0.0453 e. The third kappa shape index (κ3) is 5.12. The zero-order valence-corrected chi connectivity index (χ0v) is 12.1. The van der Waals surface area contributed by atoms with E-state index in [4.69, 9.17) is 23.2 Å². The van der Waals surface area contributed by atoms with E-state index in [0.29, 0.717) is 11.1 Å². The molecule has 1 N–H and O–H groups in total. The summed E-state index contributed by atoms with van der Waals surface area (Å²) in [5.41, 5.74) is 2.43. The van der Waals surface area contributed by atoms with E-state index in [1.165, 1.54) is 5.57 Å². The highest BCUT2D eigenvalue weighted by molar-refractivity contribution is 6.35. The van der Waals surface area contributed by atoms with Crippen molar-refractivity contribution in [1.82, 2.24) is 5.32 Å². The van der Waals surface area contributed by atoms with Crippen molar-refractivity contribution in [2.45, 2.75) is 33.2 Å². The Hall–Kier alpha value is -0.500. The van der Waals surface area contributed by atoms with Crippen molar-refractivity contribution in [1.29, 1.82) is 0 Å². The molecular formula is C14H19Cl2N. The number of rotatable bonds is 5. The van der Waals surface area contributed by atoms with E-state index in [0.717, 1.165) is 23.6 Å². The van der Waals surface area contributed by atoms with E-state index in [1.807, 2.05) is 12.1 Å². The first kappa shape index (κ1) is 14.6. The monoisotopic (exact) mass is 271 g/mol. The predicted octanol–water partition coefficient (Wildman–Crippen LogP) is 4.48. The van der Waals surface area contributed by atoms with E-state index in [1.54, 1.807) is 6.07 Å². The standard InChI is InChI=1S/C14H19Cl2N/c1-4-17-13(7-10(2)3)8-11-5-6-12(15)9-14(11)16/h5-7,9,13,17H,4,8H2,1-3H3. The van der Waals surface area contributed by atoms with Crippen LogP contribution in [0.15, 0.2) is 29.8 Å². The quantitative estimate of drug-likeness (QED) is 0.779.